The zero-order valence-corrected chi connectivity index (χ0v) is 11.1. The van der Waals surface area contributed by atoms with E-state index in [9.17, 15) is 0 Å². The van der Waals surface area contributed by atoms with Crippen molar-refractivity contribution in [2.24, 2.45) is 5.92 Å². The van der Waals surface area contributed by atoms with Gasteiger partial charge in [0.15, 0.2) is 0 Å². The lowest BCUT2D eigenvalue weighted by atomic mass is 10.1. The maximum atomic E-state index is 5.60. The summed E-state index contributed by atoms with van der Waals surface area (Å²) in [6.45, 7) is 7.96. The first-order valence-corrected chi connectivity index (χ1v) is 7.11. The highest BCUT2D eigenvalue weighted by molar-refractivity contribution is 4.65. The van der Waals surface area contributed by atoms with Crippen molar-refractivity contribution in [3.63, 3.8) is 0 Å². The monoisotopic (exact) mass is 227 g/mol. The smallest absolute Gasteiger partial charge is 0.0576 e. The van der Waals surface area contributed by atoms with Crippen LogP contribution in [0.3, 0.4) is 0 Å². The molecule has 0 radical (unpaired) electrons. The van der Waals surface area contributed by atoms with Crippen LogP contribution < -0.4 is 5.32 Å². The second-order valence-corrected chi connectivity index (χ2v) is 5.42. The van der Waals surface area contributed by atoms with Crippen molar-refractivity contribution in [1.82, 2.24) is 5.32 Å². The number of nitrogens with one attached hydrogen (secondary N) is 1. The van der Waals surface area contributed by atoms with Gasteiger partial charge < -0.3 is 10.1 Å². The summed E-state index contributed by atoms with van der Waals surface area (Å²) in [4.78, 5) is 0. The lowest BCUT2D eigenvalue weighted by Gasteiger charge is -2.09. The second kappa shape index (κ2) is 9.00. The third-order valence-corrected chi connectivity index (χ3v) is 3.29. The third-order valence-electron chi connectivity index (χ3n) is 3.29. The summed E-state index contributed by atoms with van der Waals surface area (Å²) in [6.07, 6.45) is 9.73. The Labute approximate surface area is 101 Å². The molecule has 1 atom stereocenters. The Morgan fingerprint density at radius 1 is 1.19 bits per heavy atom. The molecule has 1 N–H and O–H groups in total. The molecule has 0 aromatic heterocycles. The van der Waals surface area contributed by atoms with Gasteiger partial charge in [-0.05, 0) is 51.1 Å². The molecule has 1 unspecified atom stereocenters. The van der Waals surface area contributed by atoms with Crippen molar-refractivity contribution in [1.29, 1.82) is 0 Å². The van der Waals surface area contributed by atoms with Gasteiger partial charge in [-0.1, -0.05) is 26.7 Å². The SMILES string of the molecule is CC(C)CCCCNCCCC1CCCO1. The van der Waals surface area contributed by atoms with Gasteiger partial charge in [0, 0.05) is 6.61 Å². The fraction of sp³-hybridized carbons (Fsp3) is 1.00. The largest absolute Gasteiger partial charge is 0.378 e. The van der Waals surface area contributed by atoms with Gasteiger partial charge >= 0.3 is 0 Å². The van der Waals surface area contributed by atoms with Crippen molar-refractivity contribution in [3.8, 4) is 0 Å². The summed E-state index contributed by atoms with van der Waals surface area (Å²) in [5.41, 5.74) is 0. The molecule has 1 fully saturated rings. The summed E-state index contributed by atoms with van der Waals surface area (Å²) in [6, 6.07) is 0. The molecule has 0 saturated carbocycles. The van der Waals surface area contributed by atoms with E-state index in [2.05, 4.69) is 19.2 Å². The molecule has 1 aliphatic rings. The Kier molecular flexibility index (Phi) is 7.87. The summed E-state index contributed by atoms with van der Waals surface area (Å²) in [7, 11) is 0. The molecular formula is C14H29NO. The third kappa shape index (κ3) is 7.24. The van der Waals surface area contributed by atoms with Crippen molar-refractivity contribution < 1.29 is 4.74 Å². The second-order valence-electron chi connectivity index (χ2n) is 5.42. The minimum absolute atomic E-state index is 0.572. The Morgan fingerprint density at radius 3 is 2.69 bits per heavy atom. The van der Waals surface area contributed by atoms with E-state index in [1.54, 1.807) is 0 Å². The van der Waals surface area contributed by atoms with Crippen LogP contribution in [0.5, 0.6) is 0 Å². The predicted octanol–water partition coefficient (Wildman–Crippen LogP) is 3.36. The molecule has 2 heteroatoms. The quantitative estimate of drug-likeness (QED) is 0.610. The summed E-state index contributed by atoms with van der Waals surface area (Å²) < 4.78 is 5.60. The van der Waals surface area contributed by atoms with Crippen LogP contribution in [0.15, 0.2) is 0 Å². The van der Waals surface area contributed by atoms with Crippen LogP contribution in [0.2, 0.25) is 0 Å². The van der Waals surface area contributed by atoms with Gasteiger partial charge in [-0.3, -0.25) is 0 Å². The number of ether oxygens (including phenoxy) is 1. The van der Waals surface area contributed by atoms with E-state index in [1.807, 2.05) is 0 Å². The van der Waals surface area contributed by atoms with Crippen LogP contribution in [0.1, 0.15) is 58.8 Å². The highest BCUT2D eigenvalue weighted by Gasteiger charge is 2.13. The van der Waals surface area contributed by atoms with Gasteiger partial charge in [0.2, 0.25) is 0 Å². The molecule has 1 saturated heterocycles. The van der Waals surface area contributed by atoms with E-state index in [1.165, 1.54) is 58.0 Å². The van der Waals surface area contributed by atoms with Gasteiger partial charge in [0.25, 0.3) is 0 Å². The van der Waals surface area contributed by atoms with Gasteiger partial charge in [0.05, 0.1) is 6.10 Å². The standard InChI is InChI=1S/C14H29NO/c1-13(2)7-3-4-10-15-11-5-8-14-9-6-12-16-14/h13-15H,3-12H2,1-2H3. The Balaban J connectivity index is 1.74. The number of hydrogen-bond donors (Lipinski definition) is 1. The van der Waals surface area contributed by atoms with E-state index >= 15 is 0 Å². The van der Waals surface area contributed by atoms with Crippen molar-refractivity contribution in [2.45, 2.75) is 64.9 Å². The van der Waals surface area contributed by atoms with Crippen LogP contribution >= 0.6 is 0 Å². The van der Waals surface area contributed by atoms with Crippen LogP contribution in [0.4, 0.5) is 0 Å². The fourth-order valence-corrected chi connectivity index (χ4v) is 2.25. The van der Waals surface area contributed by atoms with Crippen LogP contribution in [0, 0.1) is 5.92 Å². The summed E-state index contributed by atoms with van der Waals surface area (Å²) in [5.74, 6) is 0.861. The number of hydrogen-bond acceptors (Lipinski definition) is 2. The maximum absolute atomic E-state index is 5.60. The Hall–Kier alpha value is -0.0800. The van der Waals surface area contributed by atoms with Gasteiger partial charge in [-0.15, -0.1) is 0 Å². The molecule has 0 aromatic rings. The highest BCUT2D eigenvalue weighted by atomic mass is 16.5. The number of rotatable bonds is 9. The van der Waals surface area contributed by atoms with Crippen LogP contribution in [-0.2, 0) is 4.74 Å². The minimum atomic E-state index is 0.572. The molecule has 0 aliphatic carbocycles. The molecule has 1 aliphatic heterocycles. The topological polar surface area (TPSA) is 21.3 Å². The predicted molar refractivity (Wildman–Crippen MR) is 69.8 cm³/mol. The van der Waals surface area contributed by atoms with Crippen molar-refractivity contribution in [2.75, 3.05) is 19.7 Å². The van der Waals surface area contributed by atoms with E-state index in [0.717, 1.165) is 12.5 Å². The van der Waals surface area contributed by atoms with Gasteiger partial charge in [-0.25, -0.2) is 0 Å². The van der Waals surface area contributed by atoms with Crippen molar-refractivity contribution in [3.05, 3.63) is 0 Å². The Morgan fingerprint density at radius 2 is 2.00 bits per heavy atom. The lowest BCUT2D eigenvalue weighted by Crippen LogP contribution is -2.18. The molecule has 2 nitrogen and oxygen atoms in total. The number of unbranched alkanes of at least 4 members (excludes halogenated alkanes) is 1. The zero-order chi connectivity index (χ0) is 11.6. The highest BCUT2D eigenvalue weighted by Crippen LogP contribution is 2.16. The molecule has 1 rings (SSSR count). The molecule has 0 spiro atoms. The van der Waals surface area contributed by atoms with E-state index in [0.29, 0.717) is 6.10 Å². The molecular weight excluding hydrogens is 198 g/mol. The average Bonchev–Trinajstić information content (AvgIpc) is 2.74. The lowest BCUT2D eigenvalue weighted by molar-refractivity contribution is 0.102. The fourth-order valence-electron chi connectivity index (χ4n) is 2.25. The van der Waals surface area contributed by atoms with Gasteiger partial charge in [-0.2, -0.15) is 0 Å². The molecule has 0 amide bonds. The normalized spacial score (nSPS) is 20.8. The molecule has 96 valence electrons. The first kappa shape index (κ1) is 14.0. The molecule has 0 aromatic carbocycles. The first-order valence-electron chi connectivity index (χ1n) is 7.11. The first-order chi connectivity index (χ1) is 7.79. The zero-order valence-electron chi connectivity index (χ0n) is 11.1. The summed E-state index contributed by atoms with van der Waals surface area (Å²) >= 11 is 0. The van der Waals surface area contributed by atoms with Crippen LogP contribution in [-0.4, -0.2) is 25.8 Å². The maximum Gasteiger partial charge on any atom is 0.0576 e. The van der Waals surface area contributed by atoms with Crippen LogP contribution in [0.25, 0.3) is 0 Å². The van der Waals surface area contributed by atoms with E-state index in [-0.39, 0.29) is 0 Å². The molecule has 16 heavy (non-hydrogen) atoms. The Bertz CT molecular complexity index is 153. The minimum Gasteiger partial charge on any atom is -0.378 e. The van der Waals surface area contributed by atoms with E-state index < -0.39 is 0 Å². The van der Waals surface area contributed by atoms with Crippen molar-refractivity contribution >= 4 is 0 Å². The molecule has 0 bridgehead atoms. The van der Waals surface area contributed by atoms with Gasteiger partial charge in [0.1, 0.15) is 0 Å². The molecule has 1 heterocycles. The average molecular weight is 227 g/mol. The summed E-state index contributed by atoms with van der Waals surface area (Å²) in [5, 5.41) is 3.53. The van der Waals surface area contributed by atoms with E-state index in [4.69, 9.17) is 4.74 Å².